The lowest BCUT2D eigenvalue weighted by Gasteiger charge is -2.24. The monoisotopic (exact) mass is 451 g/mol. The maximum Gasteiger partial charge on any atom is 0.296 e. The minimum absolute atomic E-state index is 0.0290. The van der Waals surface area contributed by atoms with E-state index in [0.717, 1.165) is 0 Å². The third kappa shape index (κ3) is 3.12. The summed E-state index contributed by atoms with van der Waals surface area (Å²) in [7, 11) is 0. The number of aromatic nitrogens is 2. The van der Waals surface area contributed by atoms with Crippen molar-refractivity contribution in [3.63, 3.8) is 0 Å². The van der Waals surface area contributed by atoms with Gasteiger partial charge < -0.3 is 5.11 Å². The molecule has 0 saturated carbocycles. The first-order valence-electron chi connectivity index (χ1n) is 7.98. The van der Waals surface area contributed by atoms with Gasteiger partial charge in [-0.15, -0.1) is 21.5 Å². The molecule has 0 fully saturated rings. The predicted octanol–water partition coefficient (Wildman–Crippen LogP) is 5.00. The number of rotatable bonds is 4. The van der Waals surface area contributed by atoms with Gasteiger partial charge in [-0.3, -0.25) is 14.5 Å². The molecule has 1 aliphatic rings. The fraction of sp³-hybridized carbons (Fsp3) is 0.111. The molecule has 0 bridgehead atoms. The predicted molar refractivity (Wildman–Crippen MR) is 110 cm³/mol. The van der Waals surface area contributed by atoms with Crippen LogP contribution in [0.15, 0.2) is 47.0 Å². The molecule has 3 heterocycles. The third-order valence-electron chi connectivity index (χ3n) is 4.18. The number of ketones is 1. The highest BCUT2D eigenvalue weighted by Crippen LogP contribution is 2.44. The maximum atomic E-state index is 13.1. The van der Waals surface area contributed by atoms with E-state index < -0.39 is 23.5 Å². The summed E-state index contributed by atoms with van der Waals surface area (Å²) in [6, 6.07) is 7.28. The van der Waals surface area contributed by atoms with Crippen LogP contribution in [0.25, 0.3) is 0 Å². The zero-order chi connectivity index (χ0) is 20.0. The first kappa shape index (κ1) is 19.1. The summed E-state index contributed by atoms with van der Waals surface area (Å²) in [5.41, 5.74) is 0.498. The number of halogens is 2. The number of carbonyl (C=O) groups is 2. The lowest BCUT2D eigenvalue weighted by Crippen LogP contribution is -2.31. The second kappa shape index (κ2) is 7.29. The average molecular weight is 452 g/mol. The van der Waals surface area contributed by atoms with Crippen LogP contribution in [0, 0.1) is 6.92 Å². The van der Waals surface area contributed by atoms with E-state index >= 15 is 0 Å². The molecule has 2 aromatic heterocycles. The molecule has 3 aromatic rings. The number of anilines is 1. The van der Waals surface area contributed by atoms with Crippen LogP contribution in [0.5, 0.6) is 0 Å². The van der Waals surface area contributed by atoms with Gasteiger partial charge >= 0.3 is 0 Å². The molecule has 142 valence electrons. The summed E-state index contributed by atoms with van der Waals surface area (Å²) in [6.45, 7) is 1.75. The van der Waals surface area contributed by atoms with Gasteiger partial charge in [0, 0.05) is 0 Å². The highest BCUT2D eigenvalue weighted by molar-refractivity contribution is 7.15. The number of aliphatic hydroxyl groups is 1. The second-order valence-electron chi connectivity index (χ2n) is 5.92. The van der Waals surface area contributed by atoms with Gasteiger partial charge in [-0.05, 0) is 36.1 Å². The Balaban J connectivity index is 1.90. The number of aliphatic hydroxyl groups excluding tert-OH is 1. The first-order valence-corrected chi connectivity index (χ1v) is 10.4. The summed E-state index contributed by atoms with van der Waals surface area (Å²) < 4.78 is 0. The van der Waals surface area contributed by atoms with Crippen molar-refractivity contribution < 1.29 is 14.7 Å². The van der Waals surface area contributed by atoms with Crippen molar-refractivity contribution in [2.45, 2.75) is 13.0 Å². The number of nitrogens with zero attached hydrogens (tertiary/aromatic N) is 3. The van der Waals surface area contributed by atoms with Crippen molar-refractivity contribution in [3.8, 4) is 0 Å². The van der Waals surface area contributed by atoms with Gasteiger partial charge in [0.1, 0.15) is 5.01 Å². The number of carbonyl (C=O) groups excluding carboxylic acids is 2. The minimum Gasteiger partial charge on any atom is -0.503 e. The normalized spacial score (nSPS) is 16.9. The molecule has 6 nitrogen and oxygen atoms in total. The summed E-state index contributed by atoms with van der Waals surface area (Å²) in [6.07, 6.45) is 0. The Kier molecular flexibility index (Phi) is 4.96. The number of Topliss-reactive ketones (excluding diaryl/α,β-unsaturated/α-hetero) is 1. The smallest absolute Gasteiger partial charge is 0.296 e. The Bertz CT molecular complexity index is 1130. The van der Waals surface area contributed by atoms with E-state index in [4.69, 9.17) is 23.2 Å². The van der Waals surface area contributed by atoms with E-state index in [1.807, 2.05) is 0 Å². The van der Waals surface area contributed by atoms with Gasteiger partial charge in [-0.1, -0.05) is 46.7 Å². The maximum absolute atomic E-state index is 13.1. The summed E-state index contributed by atoms with van der Waals surface area (Å²) in [4.78, 5) is 27.7. The Morgan fingerprint density at radius 2 is 2.00 bits per heavy atom. The lowest BCUT2D eigenvalue weighted by atomic mass is 9.95. The van der Waals surface area contributed by atoms with Crippen molar-refractivity contribution >= 4 is 62.7 Å². The number of amides is 1. The molecular weight excluding hydrogens is 441 g/mol. The summed E-state index contributed by atoms with van der Waals surface area (Å²) >= 11 is 14.6. The van der Waals surface area contributed by atoms with Crippen LogP contribution in [-0.4, -0.2) is 27.0 Å². The fourth-order valence-corrected chi connectivity index (χ4v) is 4.65. The van der Waals surface area contributed by atoms with Gasteiger partial charge in [-0.25, -0.2) is 0 Å². The van der Waals surface area contributed by atoms with Crippen LogP contribution >= 0.6 is 45.9 Å². The first-order chi connectivity index (χ1) is 13.4. The third-order valence-corrected chi connectivity index (χ3v) is 6.62. The molecule has 0 saturated heterocycles. The number of aryl methyl sites for hydroxylation is 1. The molecule has 1 atom stereocenters. The Labute approximate surface area is 177 Å². The van der Waals surface area contributed by atoms with Crippen LogP contribution in [0.2, 0.25) is 10.0 Å². The SMILES string of the molecule is Cc1nnc(N2C(=O)C(O)=C(C(=O)c3cccs3)[C@@H]2c2ccc(Cl)c(Cl)c2)s1. The molecule has 0 radical (unpaired) electrons. The molecular formula is C18H11Cl2N3O3S2. The minimum atomic E-state index is -0.899. The molecule has 28 heavy (non-hydrogen) atoms. The van der Waals surface area contributed by atoms with Crippen LogP contribution in [0.1, 0.15) is 26.3 Å². The number of thiophene rings is 1. The van der Waals surface area contributed by atoms with Crippen LogP contribution in [-0.2, 0) is 4.79 Å². The summed E-state index contributed by atoms with van der Waals surface area (Å²) in [5.74, 6) is -1.75. The topological polar surface area (TPSA) is 83.4 Å². The van der Waals surface area contributed by atoms with E-state index in [9.17, 15) is 14.7 Å². The zero-order valence-corrected chi connectivity index (χ0v) is 17.4. The number of hydrogen-bond acceptors (Lipinski definition) is 7. The average Bonchev–Trinajstić information content (AvgIpc) is 3.39. The lowest BCUT2D eigenvalue weighted by molar-refractivity contribution is -0.117. The van der Waals surface area contributed by atoms with E-state index in [1.165, 1.54) is 27.6 Å². The Hall–Kier alpha value is -2.26. The highest BCUT2D eigenvalue weighted by atomic mass is 35.5. The second-order valence-corrected chi connectivity index (χ2v) is 8.85. The van der Waals surface area contributed by atoms with Gasteiger partial charge in [0.25, 0.3) is 5.91 Å². The highest BCUT2D eigenvalue weighted by Gasteiger charge is 2.46. The fourth-order valence-electron chi connectivity index (χ4n) is 2.96. The molecule has 1 aromatic carbocycles. The zero-order valence-electron chi connectivity index (χ0n) is 14.2. The molecule has 0 spiro atoms. The van der Waals surface area contributed by atoms with E-state index in [-0.39, 0.29) is 15.7 Å². The van der Waals surface area contributed by atoms with Crippen molar-refractivity contribution in [1.82, 2.24) is 10.2 Å². The van der Waals surface area contributed by atoms with Crippen molar-refractivity contribution in [2.24, 2.45) is 0 Å². The summed E-state index contributed by atoms with van der Waals surface area (Å²) in [5, 5.41) is 21.8. The van der Waals surface area contributed by atoms with Crippen molar-refractivity contribution in [2.75, 3.05) is 4.90 Å². The van der Waals surface area contributed by atoms with E-state index in [0.29, 0.717) is 20.5 Å². The van der Waals surface area contributed by atoms with E-state index in [1.54, 1.807) is 42.6 Å². The van der Waals surface area contributed by atoms with Crippen LogP contribution in [0.4, 0.5) is 5.13 Å². The van der Waals surface area contributed by atoms with Gasteiger partial charge in [-0.2, -0.15) is 0 Å². The van der Waals surface area contributed by atoms with E-state index in [2.05, 4.69) is 10.2 Å². The number of benzene rings is 1. The number of hydrogen-bond donors (Lipinski definition) is 1. The van der Waals surface area contributed by atoms with Crippen molar-refractivity contribution in [1.29, 1.82) is 0 Å². The molecule has 0 aliphatic carbocycles. The standard InChI is InChI=1S/C18H11Cl2N3O3S2/c1-8-21-22-18(28-8)23-14(9-4-5-10(19)11(20)7-9)13(16(25)17(23)26)15(24)12-3-2-6-27-12/h2-7,14,25H,1H3/t14-/m0/s1. The molecule has 0 unspecified atom stereocenters. The Morgan fingerprint density at radius 1 is 1.21 bits per heavy atom. The Morgan fingerprint density at radius 3 is 2.61 bits per heavy atom. The van der Waals surface area contributed by atoms with Crippen molar-refractivity contribution in [3.05, 3.63) is 72.5 Å². The molecule has 1 aliphatic heterocycles. The molecule has 4 rings (SSSR count). The molecule has 1 amide bonds. The molecule has 1 N–H and O–H groups in total. The van der Waals surface area contributed by atoms with Crippen LogP contribution in [0.3, 0.4) is 0 Å². The quantitative estimate of drug-likeness (QED) is 0.564. The molecule has 10 heteroatoms. The van der Waals surface area contributed by atoms with Gasteiger partial charge in [0.05, 0.1) is 26.5 Å². The largest absolute Gasteiger partial charge is 0.503 e. The van der Waals surface area contributed by atoms with Crippen LogP contribution < -0.4 is 4.90 Å². The van der Waals surface area contributed by atoms with Gasteiger partial charge in [0.15, 0.2) is 5.76 Å². The van der Waals surface area contributed by atoms with Gasteiger partial charge in [0.2, 0.25) is 10.9 Å².